The van der Waals surface area contributed by atoms with Crippen molar-refractivity contribution in [1.82, 2.24) is 0 Å². The summed E-state index contributed by atoms with van der Waals surface area (Å²) in [5.74, 6) is -0.376. The Balaban J connectivity index is 2.24. The Labute approximate surface area is 119 Å². The predicted octanol–water partition coefficient (Wildman–Crippen LogP) is 2.81. The van der Waals surface area contributed by atoms with E-state index in [4.69, 9.17) is 22.7 Å². The molecule has 0 amide bonds. The second-order valence-corrected chi connectivity index (χ2v) is 5.50. The average molecular weight is 333 g/mol. The molecule has 2 rings (SSSR count). The van der Waals surface area contributed by atoms with Gasteiger partial charge in [-0.05, 0) is 41.4 Å². The normalized spacial score (nSPS) is 23.1. The average Bonchev–Trinajstić information content (AvgIpc) is 2.70. The van der Waals surface area contributed by atoms with Crippen LogP contribution >= 0.6 is 28.1 Å². The zero-order valence-electron chi connectivity index (χ0n) is 9.87. The van der Waals surface area contributed by atoms with E-state index in [9.17, 15) is 4.39 Å². The lowest BCUT2D eigenvalue weighted by Crippen LogP contribution is -2.27. The number of hydrogen-bond donors (Lipinski definition) is 2. The number of halogens is 2. The van der Waals surface area contributed by atoms with Gasteiger partial charge in [-0.3, -0.25) is 0 Å². The zero-order chi connectivity index (χ0) is 13.3. The number of ether oxygens (including phenoxy) is 1. The van der Waals surface area contributed by atoms with E-state index >= 15 is 0 Å². The van der Waals surface area contributed by atoms with Gasteiger partial charge in [0.1, 0.15) is 4.99 Å². The lowest BCUT2D eigenvalue weighted by atomic mass is 10.1. The Hall–Kier alpha value is -0.720. The maximum atomic E-state index is 14.1. The predicted molar refractivity (Wildman–Crippen MR) is 77.4 cm³/mol. The summed E-state index contributed by atoms with van der Waals surface area (Å²) in [7, 11) is 0. The standard InChI is InChI=1S/C12H14BrFN2OS/c1-6-8(4-5-17-6)16-9-3-2-7(12(15)18)10(13)11(9)14/h2-3,6,8,16H,4-5H2,1H3,(H2,15,18). The van der Waals surface area contributed by atoms with Crippen molar-refractivity contribution in [2.24, 2.45) is 5.73 Å². The van der Waals surface area contributed by atoms with Gasteiger partial charge in [0.15, 0.2) is 5.82 Å². The monoisotopic (exact) mass is 332 g/mol. The van der Waals surface area contributed by atoms with Gasteiger partial charge < -0.3 is 15.8 Å². The Morgan fingerprint density at radius 1 is 1.61 bits per heavy atom. The second-order valence-electron chi connectivity index (χ2n) is 4.27. The van der Waals surface area contributed by atoms with Crippen molar-refractivity contribution >= 4 is 38.8 Å². The third-order valence-corrected chi connectivity index (χ3v) is 4.06. The van der Waals surface area contributed by atoms with Gasteiger partial charge in [0.25, 0.3) is 0 Å². The highest BCUT2D eigenvalue weighted by Crippen LogP contribution is 2.29. The van der Waals surface area contributed by atoms with Gasteiger partial charge in [0.2, 0.25) is 0 Å². The van der Waals surface area contributed by atoms with Gasteiger partial charge in [-0.1, -0.05) is 12.2 Å². The molecule has 3 N–H and O–H groups in total. The van der Waals surface area contributed by atoms with E-state index in [-0.39, 0.29) is 23.0 Å². The van der Waals surface area contributed by atoms with Crippen LogP contribution in [-0.4, -0.2) is 23.7 Å². The van der Waals surface area contributed by atoms with Crippen LogP contribution in [0.15, 0.2) is 16.6 Å². The third-order valence-electron chi connectivity index (χ3n) is 3.06. The van der Waals surface area contributed by atoms with E-state index in [1.807, 2.05) is 6.92 Å². The fourth-order valence-electron chi connectivity index (χ4n) is 1.97. The minimum absolute atomic E-state index is 0.0819. The van der Waals surface area contributed by atoms with Crippen molar-refractivity contribution in [3.05, 3.63) is 28.0 Å². The zero-order valence-corrected chi connectivity index (χ0v) is 12.3. The van der Waals surface area contributed by atoms with Crippen LogP contribution in [0.25, 0.3) is 0 Å². The summed E-state index contributed by atoms with van der Waals surface area (Å²) in [6.45, 7) is 2.67. The molecule has 2 atom stereocenters. The van der Waals surface area contributed by atoms with E-state index in [0.29, 0.717) is 22.3 Å². The SMILES string of the molecule is CC1OCCC1Nc1ccc(C(N)=S)c(Br)c1F. The number of rotatable bonds is 3. The topological polar surface area (TPSA) is 47.3 Å². The molecule has 0 saturated carbocycles. The quantitative estimate of drug-likeness (QED) is 0.835. The molecule has 1 aliphatic rings. The molecule has 1 aromatic rings. The van der Waals surface area contributed by atoms with Gasteiger partial charge >= 0.3 is 0 Å². The fraction of sp³-hybridized carbons (Fsp3) is 0.417. The first-order valence-corrected chi connectivity index (χ1v) is 6.86. The molecule has 1 saturated heterocycles. The molecule has 3 nitrogen and oxygen atoms in total. The van der Waals surface area contributed by atoms with Crippen LogP contribution in [0.2, 0.25) is 0 Å². The fourth-order valence-corrected chi connectivity index (χ4v) is 2.83. The maximum absolute atomic E-state index is 14.1. The molecule has 2 unspecified atom stereocenters. The molecule has 0 radical (unpaired) electrons. The van der Waals surface area contributed by atoms with Crippen LogP contribution in [0.3, 0.4) is 0 Å². The highest BCUT2D eigenvalue weighted by molar-refractivity contribution is 9.10. The van der Waals surface area contributed by atoms with Crippen molar-refractivity contribution in [2.75, 3.05) is 11.9 Å². The van der Waals surface area contributed by atoms with Gasteiger partial charge in [-0.2, -0.15) is 0 Å². The Morgan fingerprint density at radius 2 is 2.33 bits per heavy atom. The number of anilines is 1. The first-order chi connectivity index (χ1) is 8.50. The van der Waals surface area contributed by atoms with Crippen LogP contribution in [0, 0.1) is 5.82 Å². The van der Waals surface area contributed by atoms with Gasteiger partial charge in [-0.25, -0.2) is 4.39 Å². The van der Waals surface area contributed by atoms with Crippen molar-refractivity contribution in [3.8, 4) is 0 Å². The lowest BCUT2D eigenvalue weighted by molar-refractivity contribution is 0.121. The summed E-state index contributed by atoms with van der Waals surface area (Å²) in [6, 6.07) is 3.49. The second kappa shape index (κ2) is 5.50. The molecule has 0 aromatic heterocycles. The number of thiocarbonyl (C=S) groups is 1. The first-order valence-electron chi connectivity index (χ1n) is 5.66. The number of nitrogens with two attached hydrogens (primary N) is 1. The smallest absolute Gasteiger partial charge is 0.161 e. The number of nitrogens with one attached hydrogen (secondary N) is 1. The summed E-state index contributed by atoms with van der Waals surface area (Å²) in [6.07, 6.45) is 0.952. The van der Waals surface area contributed by atoms with Gasteiger partial charge in [0, 0.05) is 12.2 Å². The van der Waals surface area contributed by atoms with Gasteiger partial charge in [-0.15, -0.1) is 0 Å². The molecule has 1 heterocycles. The summed E-state index contributed by atoms with van der Waals surface area (Å²) in [5.41, 5.74) is 6.45. The van der Waals surface area contributed by atoms with E-state index in [2.05, 4.69) is 21.2 Å². The van der Waals surface area contributed by atoms with E-state index in [0.717, 1.165) is 6.42 Å². The molecule has 0 spiro atoms. The molecular weight excluding hydrogens is 319 g/mol. The molecule has 6 heteroatoms. The van der Waals surface area contributed by atoms with Crippen LogP contribution in [-0.2, 0) is 4.74 Å². The number of hydrogen-bond acceptors (Lipinski definition) is 3. The van der Waals surface area contributed by atoms with Crippen molar-refractivity contribution < 1.29 is 9.13 Å². The van der Waals surface area contributed by atoms with E-state index < -0.39 is 0 Å². The highest BCUT2D eigenvalue weighted by atomic mass is 79.9. The largest absolute Gasteiger partial charge is 0.389 e. The lowest BCUT2D eigenvalue weighted by Gasteiger charge is -2.18. The number of benzene rings is 1. The molecule has 18 heavy (non-hydrogen) atoms. The molecule has 1 aliphatic heterocycles. The Morgan fingerprint density at radius 3 is 2.89 bits per heavy atom. The van der Waals surface area contributed by atoms with Crippen molar-refractivity contribution in [3.63, 3.8) is 0 Å². The summed E-state index contributed by atoms with van der Waals surface area (Å²) >= 11 is 8.04. The molecule has 0 aliphatic carbocycles. The van der Waals surface area contributed by atoms with Gasteiger partial charge in [0.05, 0.1) is 22.3 Å². The van der Waals surface area contributed by atoms with E-state index in [1.54, 1.807) is 12.1 Å². The molecule has 1 fully saturated rings. The molecule has 1 aromatic carbocycles. The first kappa shape index (κ1) is 13.7. The summed E-state index contributed by atoms with van der Waals surface area (Å²) in [5, 5.41) is 3.15. The van der Waals surface area contributed by atoms with Crippen LogP contribution in [0.1, 0.15) is 18.9 Å². The highest BCUT2D eigenvalue weighted by Gasteiger charge is 2.25. The molecule has 98 valence electrons. The van der Waals surface area contributed by atoms with Crippen LogP contribution in [0.5, 0.6) is 0 Å². The molecule has 0 bridgehead atoms. The molecular formula is C12H14BrFN2OS. The van der Waals surface area contributed by atoms with Crippen molar-refractivity contribution in [2.45, 2.75) is 25.5 Å². The Kier molecular flexibility index (Phi) is 4.19. The summed E-state index contributed by atoms with van der Waals surface area (Å²) < 4.78 is 19.9. The summed E-state index contributed by atoms with van der Waals surface area (Å²) in [4.78, 5) is 0.171. The minimum Gasteiger partial charge on any atom is -0.389 e. The van der Waals surface area contributed by atoms with E-state index in [1.165, 1.54) is 0 Å². The third kappa shape index (κ3) is 2.65. The van der Waals surface area contributed by atoms with Crippen LogP contribution in [0.4, 0.5) is 10.1 Å². The van der Waals surface area contributed by atoms with Crippen LogP contribution < -0.4 is 11.1 Å². The maximum Gasteiger partial charge on any atom is 0.161 e. The minimum atomic E-state index is -0.376. The van der Waals surface area contributed by atoms with Crippen molar-refractivity contribution in [1.29, 1.82) is 0 Å². The Bertz CT molecular complexity index is 483.